The van der Waals surface area contributed by atoms with Crippen molar-refractivity contribution in [3.05, 3.63) is 0 Å². The van der Waals surface area contributed by atoms with Crippen LogP contribution < -0.4 is 5.32 Å². The smallest absolute Gasteiger partial charge is 0.0704 e. The third-order valence-electron chi connectivity index (χ3n) is 2.39. The van der Waals surface area contributed by atoms with Crippen LogP contribution in [0.2, 0.25) is 0 Å². The zero-order valence-corrected chi connectivity index (χ0v) is 11.8. The minimum absolute atomic E-state index is 0.244. The van der Waals surface area contributed by atoms with Gasteiger partial charge in [-0.15, -0.1) is 0 Å². The fraction of sp³-hybridized carbons (Fsp3) is 1.00. The molecule has 0 saturated carbocycles. The van der Waals surface area contributed by atoms with Crippen molar-refractivity contribution < 1.29 is 14.2 Å². The van der Waals surface area contributed by atoms with E-state index in [9.17, 15) is 0 Å². The van der Waals surface area contributed by atoms with Gasteiger partial charge in [0.15, 0.2) is 0 Å². The van der Waals surface area contributed by atoms with Crippen molar-refractivity contribution >= 4 is 0 Å². The van der Waals surface area contributed by atoms with Gasteiger partial charge in [0, 0.05) is 13.7 Å². The van der Waals surface area contributed by atoms with Gasteiger partial charge in [0.2, 0.25) is 0 Å². The SMILES string of the molecule is COCCOCCOC(C)CNCCC(C)C. The van der Waals surface area contributed by atoms with Crippen LogP contribution in [0.25, 0.3) is 0 Å². The molecule has 0 rings (SSSR count). The third kappa shape index (κ3) is 13.8. The van der Waals surface area contributed by atoms with E-state index in [1.54, 1.807) is 7.11 Å². The fourth-order valence-corrected chi connectivity index (χ4v) is 1.31. The molecular formula is C13H29NO3. The van der Waals surface area contributed by atoms with Crippen molar-refractivity contribution in [3.8, 4) is 0 Å². The van der Waals surface area contributed by atoms with Gasteiger partial charge in [0.25, 0.3) is 0 Å². The van der Waals surface area contributed by atoms with Crippen LogP contribution in [-0.4, -0.2) is 52.7 Å². The van der Waals surface area contributed by atoms with Gasteiger partial charge in [0.1, 0.15) is 0 Å². The molecule has 0 saturated heterocycles. The molecule has 0 fully saturated rings. The van der Waals surface area contributed by atoms with Gasteiger partial charge in [-0.3, -0.25) is 0 Å². The Hall–Kier alpha value is -0.160. The van der Waals surface area contributed by atoms with E-state index in [4.69, 9.17) is 14.2 Å². The normalized spacial score (nSPS) is 13.2. The Morgan fingerprint density at radius 3 is 2.35 bits per heavy atom. The summed E-state index contributed by atoms with van der Waals surface area (Å²) < 4.78 is 15.8. The Labute approximate surface area is 106 Å². The molecular weight excluding hydrogens is 218 g/mol. The fourth-order valence-electron chi connectivity index (χ4n) is 1.31. The Kier molecular flexibility index (Phi) is 12.2. The lowest BCUT2D eigenvalue weighted by Gasteiger charge is -2.14. The van der Waals surface area contributed by atoms with E-state index in [0.717, 1.165) is 19.0 Å². The van der Waals surface area contributed by atoms with Crippen molar-refractivity contribution in [2.75, 3.05) is 46.6 Å². The first kappa shape index (κ1) is 16.8. The maximum atomic E-state index is 5.60. The molecule has 4 nitrogen and oxygen atoms in total. The van der Waals surface area contributed by atoms with E-state index in [1.807, 2.05) is 0 Å². The highest BCUT2D eigenvalue weighted by molar-refractivity contribution is 4.56. The molecule has 0 amide bonds. The molecule has 0 aromatic heterocycles. The van der Waals surface area contributed by atoms with Crippen molar-refractivity contribution in [3.63, 3.8) is 0 Å². The summed E-state index contributed by atoms with van der Waals surface area (Å²) in [7, 11) is 1.67. The Morgan fingerprint density at radius 2 is 1.71 bits per heavy atom. The average molecular weight is 247 g/mol. The summed E-state index contributed by atoms with van der Waals surface area (Å²) in [4.78, 5) is 0. The van der Waals surface area contributed by atoms with E-state index >= 15 is 0 Å². The third-order valence-corrected chi connectivity index (χ3v) is 2.39. The average Bonchev–Trinajstić information content (AvgIpc) is 2.29. The predicted octanol–water partition coefficient (Wildman–Crippen LogP) is 1.69. The van der Waals surface area contributed by atoms with E-state index in [0.29, 0.717) is 26.4 Å². The van der Waals surface area contributed by atoms with Crippen LogP contribution >= 0.6 is 0 Å². The van der Waals surface area contributed by atoms with Crippen LogP contribution in [0.1, 0.15) is 27.2 Å². The molecule has 0 aromatic rings. The molecule has 0 aromatic carbocycles. The van der Waals surface area contributed by atoms with E-state index in [-0.39, 0.29) is 6.10 Å². The molecule has 0 radical (unpaired) electrons. The van der Waals surface area contributed by atoms with E-state index < -0.39 is 0 Å². The lowest BCUT2D eigenvalue weighted by atomic mass is 10.1. The molecule has 17 heavy (non-hydrogen) atoms. The molecule has 0 aliphatic carbocycles. The van der Waals surface area contributed by atoms with E-state index in [1.165, 1.54) is 6.42 Å². The summed E-state index contributed by atoms with van der Waals surface area (Å²) in [6.45, 7) is 11.1. The first-order chi connectivity index (χ1) is 8.16. The van der Waals surface area contributed by atoms with Gasteiger partial charge in [0.05, 0.1) is 32.5 Å². The zero-order chi connectivity index (χ0) is 12.9. The van der Waals surface area contributed by atoms with Crippen LogP contribution in [0.5, 0.6) is 0 Å². The molecule has 0 aliphatic heterocycles. The number of hydrogen-bond donors (Lipinski definition) is 1. The number of methoxy groups -OCH3 is 1. The second-order valence-electron chi connectivity index (χ2n) is 4.67. The Balaban J connectivity index is 3.14. The highest BCUT2D eigenvalue weighted by atomic mass is 16.5. The quantitative estimate of drug-likeness (QED) is 0.533. The van der Waals surface area contributed by atoms with Gasteiger partial charge >= 0.3 is 0 Å². The van der Waals surface area contributed by atoms with Gasteiger partial charge in [-0.05, 0) is 25.8 Å². The van der Waals surface area contributed by atoms with Crippen molar-refractivity contribution in [1.82, 2.24) is 5.32 Å². The molecule has 4 heteroatoms. The van der Waals surface area contributed by atoms with Gasteiger partial charge < -0.3 is 19.5 Å². The minimum Gasteiger partial charge on any atom is -0.382 e. The number of ether oxygens (including phenoxy) is 3. The molecule has 0 aliphatic rings. The van der Waals surface area contributed by atoms with Gasteiger partial charge in [-0.2, -0.15) is 0 Å². The topological polar surface area (TPSA) is 39.7 Å². The van der Waals surface area contributed by atoms with Crippen LogP contribution in [-0.2, 0) is 14.2 Å². The van der Waals surface area contributed by atoms with Crippen LogP contribution in [0.4, 0.5) is 0 Å². The number of nitrogens with one attached hydrogen (secondary N) is 1. The molecule has 0 heterocycles. The van der Waals surface area contributed by atoms with Gasteiger partial charge in [-0.1, -0.05) is 13.8 Å². The van der Waals surface area contributed by atoms with E-state index in [2.05, 4.69) is 26.1 Å². The second-order valence-corrected chi connectivity index (χ2v) is 4.67. The monoisotopic (exact) mass is 247 g/mol. The lowest BCUT2D eigenvalue weighted by Crippen LogP contribution is -2.29. The molecule has 0 bridgehead atoms. The predicted molar refractivity (Wildman–Crippen MR) is 70.4 cm³/mol. The highest BCUT2D eigenvalue weighted by Gasteiger charge is 2.01. The Bertz CT molecular complexity index is 154. The molecule has 1 unspecified atom stereocenters. The minimum atomic E-state index is 0.244. The van der Waals surface area contributed by atoms with Crippen molar-refractivity contribution in [2.24, 2.45) is 5.92 Å². The standard InChI is InChI=1S/C13H29NO3/c1-12(2)5-6-14-11-13(3)17-10-9-16-8-7-15-4/h12-14H,5-11H2,1-4H3. The maximum absolute atomic E-state index is 5.60. The Morgan fingerprint density at radius 1 is 1.00 bits per heavy atom. The summed E-state index contributed by atoms with van der Waals surface area (Å²) in [5, 5.41) is 3.39. The van der Waals surface area contributed by atoms with Crippen LogP contribution in [0.15, 0.2) is 0 Å². The molecule has 1 N–H and O–H groups in total. The molecule has 0 spiro atoms. The highest BCUT2D eigenvalue weighted by Crippen LogP contribution is 1.96. The second kappa shape index (κ2) is 12.3. The van der Waals surface area contributed by atoms with Crippen molar-refractivity contribution in [1.29, 1.82) is 0 Å². The maximum Gasteiger partial charge on any atom is 0.0704 e. The van der Waals surface area contributed by atoms with Crippen LogP contribution in [0, 0.1) is 5.92 Å². The summed E-state index contributed by atoms with van der Waals surface area (Å²) in [6.07, 6.45) is 1.46. The molecule has 104 valence electrons. The summed E-state index contributed by atoms with van der Waals surface area (Å²) in [5.41, 5.74) is 0. The van der Waals surface area contributed by atoms with Crippen molar-refractivity contribution in [2.45, 2.75) is 33.3 Å². The summed E-state index contributed by atoms with van der Waals surface area (Å²) in [6, 6.07) is 0. The first-order valence-corrected chi connectivity index (χ1v) is 6.55. The number of hydrogen-bond acceptors (Lipinski definition) is 4. The van der Waals surface area contributed by atoms with Crippen LogP contribution in [0.3, 0.4) is 0 Å². The zero-order valence-electron chi connectivity index (χ0n) is 11.8. The van der Waals surface area contributed by atoms with Gasteiger partial charge in [-0.25, -0.2) is 0 Å². The lowest BCUT2D eigenvalue weighted by molar-refractivity contribution is 0.0000868. The number of rotatable bonds is 12. The molecule has 1 atom stereocenters. The largest absolute Gasteiger partial charge is 0.382 e. The first-order valence-electron chi connectivity index (χ1n) is 6.55. The summed E-state index contributed by atoms with van der Waals surface area (Å²) in [5.74, 6) is 0.757. The summed E-state index contributed by atoms with van der Waals surface area (Å²) >= 11 is 0.